The predicted molar refractivity (Wildman–Crippen MR) is 102 cm³/mol. The van der Waals surface area contributed by atoms with Crippen LogP contribution >= 0.6 is 8.25 Å². The molecule has 1 nitrogen and oxygen atoms in total. The Morgan fingerprint density at radius 1 is 0.760 bits per heavy atom. The summed E-state index contributed by atoms with van der Waals surface area (Å²) in [7, 11) is 8.42. The Kier molecular flexibility index (Phi) is 6.86. The maximum atomic E-state index is 6.64. The van der Waals surface area contributed by atoms with Crippen LogP contribution in [0.25, 0.3) is 8.65 Å². The van der Waals surface area contributed by atoms with E-state index in [4.69, 9.17) is 13.0 Å². The van der Waals surface area contributed by atoms with Crippen LogP contribution in [0.1, 0.15) is 22.8 Å². The van der Waals surface area contributed by atoms with Crippen molar-refractivity contribution in [3.63, 3.8) is 0 Å². The normalized spacial score (nSPS) is 12.9. The zero-order valence-electron chi connectivity index (χ0n) is 14.2. The Morgan fingerprint density at radius 2 is 1.24 bits per heavy atom. The summed E-state index contributed by atoms with van der Waals surface area (Å²) < 4.78 is 7.29. The second-order valence-electron chi connectivity index (χ2n) is 5.78. The Bertz CT molecular complexity index is 816. The van der Waals surface area contributed by atoms with Gasteiger partial charge in [-0.05, 0) is 0 Å². The third-order valence-corrected chi connectivity index (χ3v) is 10.7. The summed E-state index contributed by atoms with van der Waals surface area (Å²) in [6.45, 7) is 0. The predicted octanol–water partition coefficient (Wildman–Crippen LogP) is 6.18. The molecular weight excluding hydrogens is 516 g/mol. The fourth-order valence-corrected chi connectivity index (χ4v) is 9.30. The van der Waals surface area contributed by atoms with E-state index in [-0.39, 0.29) is 6.10 Å². The van der Waals surface area contributed by atoms with Crippen LogP contribution in [0, 0.1) is 0 Å². The van der Waals surface area contributed by atoms with Crippen LogP contribution in [0.5, 0.6) is 0 Å². The Balaban J connectivity index is 2.24. The van der Waals surface area contributed by atoms with Gasteiger partial charge in [-0.3, -0.25) is 0 Å². The van der Waals surface area contributed by atoms with Crippen molar-refractivity contribution in [2.24, 2.45) is 0 Å². The summed E-state index contributed by atoms with van der Waals surface area (Å²) in [5, 5.41) is 0. The first-order valence-electron chi connectivity index (χ1n) is 8.32. The van der Waals surface area contributed by atoms with Gasteiger partial charge in [0.15, 0.2) is 0 Å². The average Bonchev–Trinajstić information content (AvgIpc) is 2.70. The second kappa shape index (κ2) is 9.33. The molecule has 0 heterocycles. The number of benzene rings is 3. The molecule has 0 radical (unpaired) electrons. The molecule has 0 aliphatic rings. The first kappa shape index (κ1) is 18.4. The number of halogens is 1. The molecule has 3 aromatic rings. The zero-order valence-corrected chi connectivity index (χ0v) is 20.5. The summed E-state index contributed by atoms with van der Waals surface area (Å²) >= 11 is -1.77. The summed E-state index contributed by atoms with van der Waals surface area (Å²) in [6, 6.07) is 31.3. The molecule has 0 spiro atoms. The third kappa shape index (κ3) is 4.41. The molecule has 1 unspecified atom stereocenters. The first-order chi connectivity index (χ1) is 12.3. The van der Waals surface area contributed by atoms with E-state index >= 15 is 0 Å². The maximum absolute atomic E-state index is 6.64. The molecular formula is C22H19ClHgO. The standard InChI is InChI=1S/C22H19O.ClH.Hg/c1-23-22(20-15-9-4-10-16-20)21(19-13-7-3-8-14-19)17-18-11-5-2-6-12-18;;/h2-16,22H,1H3;1H;/q;;+1/p-1. The molecule has 0 aromatic heterocycles. The van der Waals surface area contributed by atoms with Crippen molar-refractivity contribution in [1.82, 2.24) is 0 Å². The molecule has 122 valence electrons. The quantitative estimate of drug-likeness (QED) is 0.271. The van der Waals surface area contributed by atoms with Crippen LogP contribution in [0.15, 0.2) is 91.0 Å². The Hall–Kier alpha value is -1.41. The van der Waals surface area contributed by atoms with Crippen LogP contribution in [0.4, 0.5) is 0 Å². The van der Waals surface area contributed by atoms with E-state index in [9.17, 15) is 0 Å². The summed E-state index contributed by atoms with van der Waals surface area (Å²) in [5.74, 6) is 0. The number of ether oxygens (including phenoxy) is 1. The summed E-state index contributed by atoms with van der Waals surface area (Å²) in [5.41, 5.74) is 4.75. The van der Waals surface area contributed by atoms with Crippen LogP contribution in [-0.2, 0) is 28.1 Å². The number of methoxy groups -OCH3 is 1. The van der Waals surface area contributed by atoms with Gasteiger partial charge in [0.05, 0.1) is 0 Å². The van der Waals surface area contributed by atoms with E-state index in [2.05, 4.69) is 72.8 Å². The third-order valence-electron chi connectivity index (χ3n) is 4.27. The fraction of sp³-hybridized carbons (Fsp3) is 0.0909. The van der Waals surface area contributed by atoms with Gasteiger partial charge < -0.3 is 0 Å². The van der Waals surface area contributed by atoms with Gasteiger partial charge in [0, 0.05) is 0 Å². The number of hydrogen-bond donors (Lipinski definition) is 0. The molecule has 0 aliphatic heterocycles. The average molecular weight is 535 g/mol. The summed E-state index contributed by atoms with van der Waals surface area (Å²) in [6.07, 6.45) is -0.127. The molecule has 0 aliphatic carbocycles. The number of hydrogen-bond acceptors (Lipinski definition) is 1. The van der Waals surface area contributed by atoms with Crippen molar-refractivity contribution in [3.05, 3.63) is 108 Å². The number of rotatable bonds is 6. The van der Waals surface area contributed by atoms with Gasteiger partial charge in [-0.1, -0.05) is 0 Å². The molecule has 25 heavy (non-hydrogen) atoms. The van der Waals surface area contributed by atoms with Crippen molar-refractivity contribution in [2.45, 2.75) is 6.10 Å². The van der Waals surface area contributed by atoms with Crippen molar-refractivity contribution in [2.75, 3.05) is 7.11 Å². The van der Waals surface area contributed by atoms with Crippen molar-refractivity contribution in [1.29, 1.82) is 0 Å². The second-order valence-corrected chi connectivity index (χ2v) is 11.9. The molecule has 3 aromatic carbocycles. The zero-order chi connectivity index (χ0) is 17.5. The molecule has 0 saturated heterocycles. The van der Waals surface area contributed by atoms with Crippen LogP contribution < -0.4 is 0 Å². The Morgan fingerprint density at radius 3 is 1.72 bits per heavy atom. The molecule has 0 saturated carbocycles. The van der Waals surface area contributed by atoms with Gasteiger partial charge in [-0.15, -0.1) is 0 Å². The van der Waals surface area contributed by atoms with E-state index in [0.717, 1.165) is 5.56 Å². The molecule has 0 bridgehead atoms. The first-order valence-corrected chi connectivity index (χ1v) is 17.8. The van der Waals surface area contributed by atoms with Crippen molar-refractivity contribution >= 4 is 16.9 Å². The molecule has 0 N–H and O–H groups in total. The Labute approximate surface area is 165 Å². The van der Waals surface area contributed by atoms with E-state index in [1.807, 2.05) is 18.2 Å². The van der Waals surface area contributed by atoms with Crippen LogP contribution in [-0.4, -0.2) is 7.11 Å². The van der Waals surface area contributed by atoms with Gasteiger partial charge in [0.1, 0.15) is 0 Å². The van der Waals surface area contributed by atoms with Gasteiger partial charge in [-0.2, -0.15) is 0 Å². The van der Waals surface area contributed by atoms with Crippen LogP contribution in [0.2, 0.25) is 0 Å². The SMILES string of the molecule is COC(/C(=[C](\[Hg][Cl])c1ccccc1)c1ccccc1)c1ccccc1. The molecule has 1 atom stereocenters. The van der Waals surface area contributed by atoms with E-state index in [1.54, 1.807) is 7.11 Å². The van der Waals surface area contributed by atoms with E-state index in [1.165, 1.54) is 19.8 Å². The molecule has 0 amide bonds. The monoisotopic (exact) mass is 536 g/mol. The van der Waals surface area contributed by atoms with Crippen molar-refractivity contribution in [3.8, 4) is 0 Å². The van der Waals surface area contributed by atoms with Gasteiger partial charge >= 0.3 is 166 Å². The van der Waals surface area contributed by atoms with Crippen LogP contribution in [0.3, 0.4) is 0 Å². The molecule has 3 heteroatoms. The minimum absolute atomic E-state index is 0.127. The molecule has 0 fully saturated rings. The molecule has 3 rings (SSSR count). The minimum atomic E-state index is -1.77. The van der Waals surface area contributed by atoms with E-state index in [0.29, 0.717) is 0 Å². The summed E-state index contributed by atoms with van der Waals surface area (Å²) in [4.78, 5) is 0. The van der Waals surface area contributed by atoms with Crippen molar-refractivity contribution < 1.29 is 28.1 Å². The van der Waals surface area contributed by atoms with E-state index < -0.39 is 23.3 Å². The fourth-order valence-electron chi connectivity index (χ4n) is 3.09. The van der Waals surface area contributed by atoms with Gasteiger partial charge in [0.2, 0.25) is 0 Å². The topological polar surface area (TPSA) is 9.23 Å². The van der Waals surface area contributed by atoms with Gasteiger partial charge in [0.25, 0.3) is 0 Å². The van der Waals surface area contributed by atoms with Gasteiger partial charge in [-0.25, -0.2) is 0 Å².